The summed E-state index contributed by atoms with van der Waals surface area (Å²) in [6, 6.07) is 0.858. The van der Waals surface area contributed by atoms with E-state index in [4.69, 9.17) is 0 Å². The highest BCUT2D eigenvalue weighted by atomic mass is 14.9. The topological polar surface area (TPSA) is 12.0 Å². The highest BCUT2D eigenvalue weighted by Gasteiger charge is 2.49. The minimum Gasteiger partial charge on any atom is -0.314 e. The average molecular weight is 249 g/mol. The molecule has 1 heteroatoms. The van der Waals surface area contributed by atoms with Crippen molar-refractivity contribution in [3.8, 4) is 0 Å². The molecule has 3 saturated carbocycles. The smallest absolute Gasteiger partial charge is 0.0124 e. The van der Waals surface area contributed by atoms with E-state index in [1.165, 1.54) is 38.6 Å². The fraction of sp³-hybridized carbons (Fsp3) is 1.00. The Bertz CT molecular complexity index is 265. The zero-order valence-corrected chi connectivity index (χ0v) is 12.3. The zero-order valence-electron chi connectivity index (χ0n) is 12.3. The molecule has 0 aliphatic heterocycles. The molecule has 104 valence electrons. The van der Waals surface area contributed by atoms with E-state index < -0.39 is 0 Å². The van der Waals surface area contributed by atoms with Crippen LogP contribution in [0.25, 0.3) is 0 Å². The summed E-state index contributed by atoms with van der Waals surface area (Å²) < 4.78 is 0. The maximum atomic E-state index is 3.88. The molecule has 0 heterocycles. The lowest BCUT2D eigenvalue weighted by atomic mass is 9.72. The van der Waals surface area contributed by atoms with Crippen molar-refractivity contribution < 1.29 is 0 Å². The Labute approximate surface area is 113 Å². The third-order valence-electron chi connectivity index (χ3n) is 6.14. The van der Waals surface area contributed by atoms with Crippen molar-refractivity contribution in [2.24, 2.45) is 29.6 Å². The Morgan fingerprint density at radius 2 is 1.72 bits per heavy atom. The van der Waals surface area contributed by atoms with Gasteiger partial charge in [0.05, 0.1) is 0 Å². The fourth-order valence-electron chi connectivity index (χ4n) is 5.04. The highest BCUT2D eigenvalue weighted by Crippen LogP contribution is 2.56. The largest absolute Gasteiger partial charge is 0.314 e. The van der Waals surface area contributed by atoms with Crippen LogP contribution in [0, 0.1) is 29.6 Å². The van der Waals surface area contributed by atoms with Gasteiger partial charge in [-0.3, -0.25) is 0 Å². The Morgan fingerprint density at radius 1 is 0.944 bits per heavy atom. The van der Waals surface area contributed by atoms with Crippen LogP contribution in [0.5, 0.6) is 0 Å². The number of fused-ring (bicyclic) bond motifs is 1. The number of rotatable bonds is 5. The molecular weight excluding hydrogens is 218 g/mol. The molecule has 5 atom stereocenters. The van der Waals surface area contributed by atoms with Crippen LogP contribution in [0.15, 0.2) is 0 Å². The summed E-state index contributed by atoms with van der Waals surface area (Å²) in [7, 11) is 0. The van der Waals surface area contributed by atoms with E-state index in [2.05, 4.69) is 19.2 Å². The molecule has 0 saturated heterocycles. The second-order valence-corrected chi connectivity index (χ2v) is 7.27. The van der Waals surface area contributed by atoms with Gasteiger partial charge in [0.15, 0.2) is 0 Å². The van der Waals surface area contributed by atoms with Gasteiger partial charge in [-0.05, 0) is 68.2 Å². The highest BCUT2D eigenvalue weighted by molar-refractivity contribution is 5.01. The van der Waals surface area contributed by atoms with E-state index in [0.29, 0.717) is 0 Å². The van der Waals surface area contributed by atoms with Gasteiger partial charge in [0, 0.05) is 6.04 Å². The van der Waals surface area contributed by atoms with Crippen molar-refractivity contribution in [3.63, 3.8) is 0 Å². The van der Waals surface area contributed by atoms with E-state index in [9.17, 15) is 0 Å². The first-order valence-corrected chi connectivity index (χ1v) is 8.55. The lowest BCUT2D eigenvalue weighted by molar-refractivity contribution is 0.164. The maximum Gasteiger partial charge on any atom is 0.0124 e. The molecular formula is C17H31N. The molecule has 0 aromatic rings. The SMILES string of the molecule is CCNC(C1CCCC(CC)C1)C1CC2CC2C1. The summed E-state index contributed by atoms with van der Waals surface area (Å²) in [6.45, 7) is 5.85. The predicted octanol–water partition coefficient (Wildman–Crippen LogP) is 4.23. The molecule has 3 aliphatic rings. The summed E-state index contributed by atoms with van der Waals surface area (Å²) >= 11 is 0. The number of hydrogen-bond acceptors (Lipinski definition) is 1. The first-order chi connectivity index (χ1) is 8.81. The maximum absolute atomic E-state index is 3.88. The van der Waals surface area contributed by atoms with E-state index in [-0.39, 0.29) is 0 Å². The van der Waals surface area contributed by atoms with Crippen LogP contribution in [0.4, 0.5) is 0 Å². The van der Waals surface area contributed by atoms with Gasteiger partial charge in [-0.25, -0.2) is 0 Å². The van der Waals surface area contributed by atoms with Crippen LogP contribution < -0.4 is 5.32 Å². The molecule has 5 unspecified atom stereocenters. The summed E-state index contributed by atoms with van der Waals surface area (Å²) in [5.41, 5.74) is 0. The first kappa shape index (κ1) is 13.0. The molecule has 18 heavy (non-hydrogen) atoms. The van der Waals surface area contributed by atoms with Crippen molar-refractivity contribution in [2.75, 3.05) is 6.54 Å². The van der Waals surface area contributed by atoms with Gasteiger partial charge in [-0.1, -0.05) is 33.1 Å². The Balaban J connectivity index is 1.61. The standard InChI is InChI=1S/C17H31N/c1-3-12-6-5-7-13(8-12)17(18-4-2)16-10-14-9-15(14)11-16/h12-18H,3-11H2,1-2H3. The van der Waals surface area contributed by atoms with Crippen LogP contribution in [0.1, 0.15) is 65.2 Å². The van der Waals surface area contributed by atoms with Crippen LogP contribution >= 0.6 is 0 Å². The summed E-state index contributed by atoms with van der Waals surface area (Å²) in [6.07, 6.45) is 12.1. The van der Waals surface area contributed by atoms with Gasteiger partial charge in [-0.2, -0.15) is 0 Å². The van der Waals surface area contributed by atoms with Gasteiger partial charge < -0.3 is 5.32 Å². The van der Waals surface area contributed by atoms with Gasteiger partial charge in [-0.15, -0.1) is 0 Å². The molecule has 0 bridgehead atoms. The first-order valence-electron chi connectivity index (χ1n) is 8.55. The van der Waals surface area contributed by atoms with Gasteiger partial charge in [0.2, 0.25) is 0 Å². The Hall–Kier alpha value is -0.0400. The minimum absolute atomic E-state index is 0.858. The second kappa shape index (κ2) is 5.53. The van der Waals surface area contributed by atoms with Crippen molar-refractivity contribution in [2.45, 2.75) is 71.3 Å². The van der Waals surface area contributed by atoms with Crippen molar-refractivity contribution in [1.29, 1.82) is 0 Å². The van der Waals surface area contributed by atoms with Crippen molar-refractivity contribution >= 4 is 0 Å². The summed E-state index contributed by atoms with van der Waals surface area (Å²) in [5.74, 6) is 5.32. The molecule has 0 radical (unpaired) electrons. The third kappa shape index (κ3) is 2.61. The molecule has 1 nitrogen and oxygen atoms in total. The van der Waals surface area contributed by atoms with Gasteiger partial charge in [0.1, 0.15) is 0 Å². The van der Waals surface area contributed by atoms with E-state index in [1.54, 1.807) is 19.3 Å². The van der Waals surface area contributed by atoms with Crippen LogP contribution in [-0.4, -0.2) is 12.6 Å². The van der Waals surface area contributed by atoms with Gasteiger partial charge in [0.25, 0.3) is 0 Å². The number of hydrogen-bond donors (Lipinski definition) is 1. The zero-order chi connectivity index (χ0) is 12.5. The van der Waals surface area contributed by atoms with Gasteiger partial charge >= 0.3 is 0 Å². The molecule has 0 aromatic heterocycles. The summed E-state index contributed by atoms with van der Waals surface area (Å²) in [5, 5.41) is 3.88. The third-order valence-corrected chi connectivity index (χ3v) is 6.14. The van der Waals surface area contributed by atoms with Crippen molar-refractivity contribution in [3.05, 3.63) is 0 Å². The van der Waals surface area contributed by atoms with Crippen LogP contribution in [0.3, 0.4) is 0 Å². The quantitative estimate of drug-likeness (QED) is 0.769. The minimum atomic E-state index is 0.858. The normalized spacial score (nSPS) is 44.7. The van der Waals surface area contributed by atoms with Crippen LogP contribution in [-0.2, 0) is 0 Å². The molecule has 3 rings (SSSR count). The second-order valence-electron chi connectivity index (χ2n) is 7.27. The molecule has 0 spiro atoms. The Kier molecular flexibility index (Phi) is 3.98. The van der Waals surface area contributed by atoms with E-state index in [1.807, 2.05) is 0 Å². The predicted molar refractivity (Wildman–Crippen MR) is 77.5 cm³/mol. The molecule has 3 fully saturated rings. The molecule has 3 aliphatic carbocycles. The van der Waals surface area contributed by atoms with E-state index in [0.717, 1.165) is 35.6 Å². The molecule has 0 aromatic carbocycles. The summed E-state index contributed by atoms with van der Waals surface area (Å²) in [4.78, 5) is 0. The fourth-order valence-corrected chi connectivity index (χ4v) is 5.04. The monoisotopic (exact) mass is 249 g/mol. The van der Waals surface area contributed by atoms with E-state index >= 15 is 0 Å². The van der Waals surface area contributed by atoms with Crippen LogP contribution in [0.2, 0.25) is 0 Å². The average Bonchev–Trinajstić information content (AvgIpc) is 3.03. The number of nitrogens with one attached hydrogen (secondary N) is 1. The lowest BCUT2D eigenvalue weighted by Crippen LogP contribution is -2.43. The molecule has 1 N–H and O–H groups in total. The lowest BCUT2D eigenvalue weighted by Gasteiger charge is -2.38. The van der Waals surface area contributed by atoms with Crippen molar-refractivity contribution in [1.82, 2.24) is 5.32 Å². The Morgan fingerprint density at radius 3 is 2.39 bits per heavy atom. The molecule has 0 amide bonds.